The van der Waals surface area contributed by atoms with Gasteiger partial charge in [-0.05, 0) is 30.2 Å². The van der Waals surface area contributed by atoms with Gasteiger partial charge in [0.15, 0.2) is 10.8 Å². The van der Waals surface area contributed by atoms with Crippen LogP contribution in [-0.4, -0.2) is 15.8 Å². The number of thiazole rings is 1. The largest absolute Gasteiger partial charge is 0.331 e. The number of anilines is 2. The van der Waals surface area contributed by atoms with Crippen LogP contribution in [0.4, 0.5) is 10.8 Å². The van der Waals surface area contributed by atoms with Gasteiger partial charge in [0.05, 0.1) is 4.70 Å². The molecule has 3 rings (SSSR count). The highest BCUT2D eigenvalue weighted by molar-refractivity contribution is 7.22. The number of carbonyl (C=O) groups excluding carboxylic acids is 1. The quantitative estimate of drug-likeness (QED) is 0.750. The van der Waals surface area contributed by atoms with E-state index in [1.54, 1.807) is 17.5 Å². The summed E-state index contributed by atoms with van der Waals surface area (Å²) in [5, 5.41) is 4.15. The fourth-order valence-electron chi connectivity index (χ4n) is 2.24. The number of pyridine rings is 1. The van der Waals surface area contributed by atoms with E-state index in [0.29, 0.717) is 12.1 Å². The van der Waals surface area contributed by atoms with E-state index in [-0.39, 0.29) is 11.7 Å². The average Bonchev–Trinajstić information content (AvgIpc) is 2.91. The number of aryl methyl sites for hydroxylation is 1. The molecule has 0 atom stereocenters. The Bertz CT molecular complexity index is 854. The lowest BCUT2D eigenvalue weighted by Crippen LogP contribution is -2.10. The van der Waals surface area contributed by atoms with E-state index in [1.807, 2.05) is 38.1 Å². The molecule has 23 heavy (non-hydrogen) atoms. The zero-order valence-electron chi connectivity index (χ0n) is 13.5. The maximum Gasteiger partial charge on any atom is 0.189 e. The number of hydrogen-bond donors (Lipinski definition) is 1. The summed E-state index contributed by atoms with van der Waals surface area (Å²) < 4.78 is 0.996. The van der Waals surface area contributed by atoms with Crippen molar-refractivity contribution < 1.29 is 4.79 Å². The highest BCUT2D eigenvalue weighted by Gasteiger charge is 2.11. The first-order chi connectivity index (χ1) is 11.0. The molecule has 1 aromatic carbocycles. The Morgan fingerprint density at radius 1 is 1.30 bits per heavy atom. The van der Waals surface area contributed by atoms with E-state index in [2.05, 4.69) is 28.3 Å². The molecule has 4 nitrogen and oxygen atoms in total. The second-order valence-electron chi connectivity index (χ2n) is 5.92. The minimum Gasteiger partial charge on any atom is -0.331 e. The summed E-state index contributed by atoms with van der Waals surface area (Å²) in [6.45, 7) is 5.90. The Labute approximate surface area is 139 Å². The van der Waals surface area contributed by atoms with Crippen molar-refractivity contribution in [2.75, 3.05) is 5.32 Å². The zero-order valence-corrected chi connectivity index (χ0v) is 14.3. The highest BCUT2D eigenvalue weighted by Crippen LogP contribution is 2.29. The number of hydrogen-bond acceptors (Lipinski definition) is 5. The van der Waals surface area contributed by atoms with Crippen LogP contribution < -0.4 is 5.32 Å². The molecular weight excluding hydrogens is 306 g/mol. The lowest BCUT2D eigenvalue weighted by molar-refractivity contribution is -0.121. The molecule has 0 bridgehead atoms. The molecular formula is C18H19N3OS. The zero-order chi connectivity index (χ0) is 16.4. The molecule has 118 valence electrons. The van der Waals surface area contributed by atoms with Crippen LogP contribution >= 0.6 is 11.3 Å². The highest BCUT2D eigenvalue weighted by atomic mass is 32.1. The van der Waals surface area contributed by atoms with Crippen molar-refractivity contribution in [3.63, 3.8) is 0 Å². The van der Waals surface area contributed by atoms with Gasteiger partial charge in [-0.25, -0.2) is 4.98 Å². The van der Waals surface area contributed by atoms with E-state index in [1.165, 1.54) is 5.56 Å². The minimum absolute atomic E-state index is 0.0467. The Morgan fingerprint density at radius 3 is 2.83 bits per heavy atom. The number of nitrogens with one attached hydrogen (secondary N) is 1. The van der Waals surface area contributed by atoms with Crippen LogP contribution in [0.2, 0.25) is 0 Å². The molecule has 3 aromatic rings. The molecule has 0 fully saturated rings. The fraction of sp³-hybridized carbons (Fsp3) is 0.278. The van der Waals surface area contributed by atoms with Crippen LogP contribution in [-0.2, 0) is 11.2 Å². The minimum atomic E-state index is 0.0467. The van der Waals surface area contributed by atoms with Crippen molar-refractivity contribution in [2.45, 2.75) is 27.2 Å². The van der Waals surface area contributed by atoms with Crippen molar-refractivity contribution in [3.8, 4) is 0 Å². The predicted molar refractivity (Wildman–Crippen MR) is 95.4 cm³/mol. The van der Waals surface area contributed by atoms with Crippen LogP contribution in [0.3, 0.4) is 0 Å². The number of Topliss-reactive ketones (excluding diaryl/α,β-unsaturated/α-hetero) is 1. The fourth-order valence-corrected chi connectivity index (χ4v) is 3.15. The number of para-hydroxylation sites is 1. The monoisotopic (exact) mass is 325 g/mol. The molecule has 0 amide bonds. The average molecular weight is 325 g/mol. The van der Waals surface area contributed by atoms with Gasteiger partial charge in [0.1, 0.15) is 5.78 Å². The van der Waals surface area contributed by atoms with Gasteiger partial charge in [-0.1, -0.05) is 43.4 Å². The molecule has 0 saturated heterocycles. The summed E-state index contributed by atoms with van der Waals surface area (Å²) >= 11 is 1.55. The first kappa shape index (κ1) is 15.6. The Kier molecular flexibility index (Phi) is 4.39. The number of nitrogens with zero attached hydrogens (tertiary/aromatic N) is 2. The normalized spacial score (nSPS) is 11.1. The first-order valence-corrected chi connectivity index (χ1v) is 8.45. The van der Waals surface area contributed by atoms with Crippen LogP contribution in [0.1, 0.15) is 25.0 Å². The van der Waals surface area contributed by atoms with Crippen LogP contribution in [0.15, 0.2) is 36.5 Å². The summed E-state index contributed by atoms with van der Waals surface area (Å²) in [5.41, 5.74) is 3.87. The van der Waals surface area contributed by atoms with Crippen LogP contribution in [0.5, 0.6) is 0 Å². The second-order valence-corrected chi connectivity index (χ2v) is 6.95. The number of ketones is 1. The summed E-state index contributed by atoms with van der Waals surface area (Å²) in [6.07, 6.45) is 2.18. The van der Waals surface area contributed by atoms with Crippen molar-refractivity contribution in [1.82, 2.24) is 9.97 Å². The molecule has 0 aliphatic heterocycles. The number of rotatable bonds is 5. The molecule has 0 aliphatic carbocycles. The number of aromatic nitrogens is 2. The molecule has 2 aromatic heterocycles. The topological polar surface area (TPSA) is 54.9 Å². The third-order valence-corrected chi connectivity index (χ3v) is 4.62. The molecule has 0 saturated carbocycles. The lowest BCUT2D eigenvalue weighted by Gasteiger charge is -2.04. The Balaban J connectivity index is 1.85. The summed E-state index contributed by atoms with van der Waals surface area (Å²) in [5.74, 6) is 0.277. The SMILES string of the molecule is Cc1ccccc1Nc1nc2ncc(CC(=O)C(C)C)cc2s1. The third kappa shape index (κ3) is 3.56. The third-order valence-electron chi connectivity index (χ3n) is 3.71. The molecule has 1 N–H and O–H groups in total. The van der Waals surface area contributed by atoms with Gasteiger partial charge in [0.2, 0.25) is 0 Å². The molecule has 0 aliphatic rings. The van der Waals surface area contributed by atoms with E-state index in [9.17, 15) is 4.79 Å². The predicted octanol–water partition coefficient (Wildman–Crippen LogP) is 4.51. The standard InChI is InChI=1S/C18H19N3OS/c1-11(2)15(22)8-13-9-16-17(19-10-13)21-18(23-16)20-14-7-5-4-6-12(14)3/h4-7,9-11H,8H2,1-3H3,(H,19,20,21). The van der Waals surface area contributed by atoms with E-state index < -0.39 is 0 Å². The van der Waals surface area contributed by atoms with Crippen molar-refractivity contribution in [2.24, 2.45) is 5.92 Å². The first-order valence-electron chi connectivity index (χ1n) is 7.64. The van der Waals surface area contributed by atoms with Crippen LogP contribution in [0, 0.1) is 12.8 Å². The maximum atomic E-state index is 11.9. The van der Waals surface area contributed by atoms with Crippen LogP contribution in [0.25, 0.3) is 10.3 Å². The maximum absolute atomic E-state index is 11.9. The second kappa shape index (κ2) is 6.46. The van der Waals surface area contributed by atoms with Gasteiger partial charge in [0.25, 0.3) is 0 Å². The van der Waals surface area contributed by atoms with Crippen molar-refractivity contribution in [1.29, 1.82) is 0 Å². The van der Waals surface area contributed by atoms with Gasteiger partial charge in [-0.2, -0.15) is 4.98 Å². The van der Waals surface area contributed by atoms with E-state index >= 15 is 0 Å². The van der Waals surface area contributed by atoms with E-state index in [4.69, 9.17) is 0 Å². The number of fused-ring (bicyclic) bond motifs is 1. The van der Waals surface area contributed by atoms with Crippen molar-refractivity contribution >= 4 is 38.3 Å². The molecule has 0 unspecified atom stereocenters. The lowest BCUT2D eigenvalue weighted by atomic mass is 10.0. The van der Waals surface area contributed by atoms with Gasteiger partial charge >= 0.3 is 0 Å². The van der Waals surface area contributed by atoms with Gasteiger partial charge in [-0.3, -0.25) is 4.79 Å². The van der Waals surface area contributed by atoms with Crippen molar-refractivity contribution in [3.05, 3.63) is 47.7 Å². The summed E-state index contributed by atoms with van der Waals surface area (Å²) in [7, 11) is 0. The van der Waals surface area contributed by atoms with Gasteiger partial charge in [-0.15, -0.1) is 0 Å². The Hall–Kier alpha value is -2.27. The van der Waals surface area contributed by atoms with Gasteiger partial charge in [0, 0.05) is 24.2 Å². The molecule has 5 heteroatoms. The number of carbonyl (C=O) groups is 1. The summed E-state index contributed by atoms with van der Waals surface area (Å²) in [6, 6.07) is 10.1. The molecule has 0 radical (unpaired) electrons. The van der Waals surface area contributed by atoms with Gasteiger partial charge < -0.3 is 5.32 Å². The summed E-state index contributed by atoms with van der Waals surface area (Å²) in [4.78, 5) is 20.8. The molecule has 0 spiro atoms. The van der Waals surface area contributed by atoms with E-state index in [0.717, 1.165) is 21.1 Å². The molecule has 2 heterocycles. The Morgan fingerprint density at radius 2 is 2.09 bits per heavy atom. The number of benzene rings is 1. The smallest absolute Gasteiger partial charge is 0.189 e.